The molecule has 35 heavy (non-hydrogen) atoms. The lowest BCUT2D eigenvalue weighted by Gasteiger charge is -2.19. The van der Waals surface area contributed by atoms with Gasteiger partial charge in [-0.2, -0.15) is 0 Å². The highest BCUT2D eigenvalue weighted by atomic mass is 32.1. The first-order chi connectivity index (χ1) is 17.0. The Hall–Kier alpha value is -3.48. The molecule has 0 atom stereocenters. The number of rotatable bonds is 8. The van der Waals surface area contributed by atoms with Crippen molar-refractivity contribution in [3.05, 3.63) is 88.2 Å². The number of nitrogens with zero attached hydrogens (tertiary/aromatic N) is 2. The van der Waals surface area contributed by atoms with E-state index in [0.29, 0.717) is 0 Å². The van der Waals surface area contributed by atoms with Gasteiger partial charge in [0.2, 0.25) is 0 Å². The summed E-state index contributed by atoms with van der Waals surface area (Å²) in [4.78, 5) is 20.1. The third-order valence-electron chi connectivity index (χ3n) is 6.44. The number of anilines is 2. The lowest BCUT2D eigenvalue weighted by Crippen LogP contribution is -2.30. The lowest BCUT2D eigenvalue weighted by molar-refractivity contribution is 0.361. The van der Waals surface area contributed by atoms with E-state index >= 15 is 0 Å². The van der Waals surface area contributed by atoms with Crippen molar-refractivity contribution >= 4 is 53.8 Å². The van der Waals surface area contributed by atoms with Gasteiger partial charge in [-0.25, -0.2) is 0 Å². The number of aryl methyl sites for hydroxylation is 2. The molecule has 2 heterocycles. The average Bonchev–Trinajstić information content (AvgIpc) is 2.85. The predicted octanol–water partition coefficient (Wildman–Crippen LogP) is 6.04. The summed E-state index contributed by atoms with van der Waals surface area (Å²) in [6.07, 6.45) is 1.86. The first-order valence-corrected chi connectivity index (χ1v) is 12.8. The fraction of sp³-hybridized carbons (Fsp3) is 0.241. The van der Waals surface area contributed by atoms with Crippen molar-refractivity contribution in [3.63, 3.8) is 0 Å². The van der Waals surface area contributed by atoms with Gasteiger partial charge in [-0.15, -0.1) is 11.3 Å². The van der Waals surface area contributed by atoms with Gasteiger partial charge < -0.3 is 15.5 Å². The maximum atomic E-state index is 13.3. The van der Waals surface area contributed by atoms with Crippen molar-refractivity contribution in [1.82, 2.24) is 9.88 Å². The highest BCUT2D eigenvalue weighted by Gasteiger charge is 2.12. The Bertz CT molecular complexity index is 1580. The van der Waals surface area contributed by atoms with Crippen LogP contribution in [0.2, 0.25) is 0 Å². The quantitative estimate of drug-likeness (QED) is 0.264. The van der Waals surface area contributed by atoms with Crippen LogP contribution in [-0.2, 0) is 0 Å². The Morgan fingerprint density at radius 3 is 2.49 bits per heavy atom. The summed E-state index contributed by atoms with van der Waals surface area (Å²) in [7, 11) is 2.12. The molecule has 0 amide bonds. The van der Waals surface area contributed by atoms with E-state index in [0.717, 1.165) is 74.2 Å². The smallest absolute Gasteiger partial charge is 0.197 e. The molecule has 0 radical (unpaired) electrons. The van der Waals surface area contributed by atoms with Crippen molar-refractivity contribution in [2.24, 2.45) is 0 Å². The van der Waals surface area contributed by atoms with Crippen LogP contribution in [-0.4, -0.2) is 43.1 Å². The molecular weight excluding hydrogens is 452 g/mol. The van der Waals surface area contributed by atoms with Crippen LogP contribution in [0.5, 0.6) is 0 Å². The van der Waals surface area contributed by atoms with Crippen molar-refractivity contribution in [2.45, 2.75) is 13.8 Å². The molecule has 0 fully saturated rings. The molecular formula is C29H30N4OS. The van der Waals surface area contributed by atoms with E-state index in [1.54, 1.807) is 11.3 Å². The normalized spacial score (nSPS) is 11.5. The summed E-state index contributed by atoms with van der Waals surface area (Å²) in [6, 6.07) is 20.4. The zero-order valence-corrected chi connectivity index (χ0v) is 21.2. The van der Waals surface area contributed by atoms with Crippen LogP contribution >= 0.6 is 11.3 Å². The molecule has 0 aliphatic heterocycles. The molecule has 0 aliphatic rings. The molecule has 0 spiro atoms. The van der Waals surface area contributed by atoms with E-state index in [-0.39, 0.29) is 5.43 Å². The number of aromatic nitrogens is 1. The zero-order chi connectivity index (χ0) is 24.4. The highest BCUT2D eigenvalue weighted by Crippen LogP contribution is 2.31. The number of likely N-dealkylation sites (N-methyl/N-ethyl adjacent to an activating group) is 1. The minimum absolute atomic E-state index is 0.109. The van der Waals surface area contributed by atoms with Crippen molar-refractivity contribution < 1.29 is 0 Å². The minimum Gasteiger partial charge on any atom is -0.383 e. The van der Waals surface area contributed by atoms with E-state index in [1.165, 1.54) is 5.56 Å². The topological polar surface area (TPSA) is 57.3 Å². The van der Waals surface area contributed by atoms with E-state index < -0.39 is 0 Å². The average molecular weight is 483 g/mol. The number of benzene rings is 3. The first-order valence-electron chi connectivity index (χ1n) is 12.0. The van der Waals surface area contributed by atoms with E-state index in [2.05, 4.69) is 65.7 Å². The summed E-state index contributed by atoms with van der Waals surface area (Å²) in [5.74, 6) is 0. The van der Waals surface area contributed by atoms with Crippen LogP contribution in [0.15, 0.2) is 71.7 Å². The Morgan fingerprint density at radius 2 is 1.66 bits per heavy atom. The third kappa shape index (κ3) is 4.85. The number of nitrogens with one attached hydrogen (secondary N) is 2. The number of pyridine rings is 1. The molecule has 5 aromatic rings. The molecule has 0 bridgehead atoms. The monoisotopic (exact) mass is 482 g/mol. The van der Waals surface area contributed by atoms with Gasteiger partial charge in [-0.1, -0.05) is 30.3 Å². The summed E-state index contributed by atoms with van der Waals surface area (Å²) in [6.45, 7) is 7.55. The fourth-order valence-electron chi connectivity index (χ4n) is 4.47. The Balaban J connectivity index is 1.22. The molecule has 5 nitrogen and oxygen atoms in total. The van der Waals surface area contributed by atoms with Gasteiger partial charge >= 0.3 is 0 Å². The molecule has 3 aromatic carbocycles. The molecule has 0 saturated carbocycles. The largest absolute Gasteiger partial charge is 0.383 e. The molecule has 178 valence electrons. The van der Waals surface area contributed by atoms with Crippen LogP contribution in [0.1, 0.15) is 11.1 Å². The molecule has 0 aliphatic carbocycles. The van der Waals surface area contributed by atoms with Gasteiger partial charge in [-0.05, 0) is 62.4 Å². The Labute approximate surface area is 209 Å². The summed E-state index contributed by atoms with van der Waals surface area (Å²) >= 11 is 1.69. The second kappa shape index (κ2) is 10.0. The van der Waals surface area contributed by atoms with E-state index in [4.69, 9.17) is 0 Å². The van der Waals surface area contributed by atoms with Crippen molar-refractivity contribution in [3.8, 4) is 0 Å². The summed E-state index contributed by atoms with van der Waals surface area (Å²) < 4.78 is 2.10. The molecule has 2 aromatic heterocycles. The fourth-order valence-corrected chi connectivity index (χ4v) is 5.64. The summed E-state index contributed by atoms with van der Waals surface area (Å²) in [5, 5.41) is 9.83. The Morgan fingerprint density at radius 1 is 0.886 bits per heavy atom. The minimum atomic E-state index is 0.109. The van der Waals surface area contributed by atoms with Crippen molar-refractivity contribution in [2.75, 3.05) is 43.9 Å². The maximum absolute atomic E-state index is 13.3. The zero-order valence-electron chi connectivity index (χ0n) is 20.4. The van der Waals surface area contributed by atoms with Gasteiger partial charge in [0.15, 0.2) is 5.43 Å². The van der Waals surface area contributed by atoms with Gasteiger partial charge in [0.25, 0.3) is 0 Å². The van der Waals surface area contributed by atoms with Crippen molar-refractivity contribution in [1.29, 1.82) is 0 Å². The highest BCUT2D eigenvalue weighted by molar-refractivity contribution is 7.24. The molecule has 6 heteroatoms. The van der Waals surface area contributed by atoms with Crippen LogP contribution < -0.4 is 16.1 Å². The van der Waals surface area contributed by atoms with E-state index in [1.807, 2.05) is 42.6 Å². The molecule has 0 unspecified atom stereocenters. The third-order valence-corrected chi connectivity index (χ3v) is 7.75. The van der Waals surface area contributed by atoms with Gasteiger partial charge in [0.1, 0.15) is 0 Å². The Kier molecular flexibility index (Phi) is 6.66. The second-order valence-corrected chi connectivity index (χ2v) is 10.1. The van der Waals surface area contributed by atoms with Crippen LogP contribution in [0.3, 0.4) is 0 Å². The standard InChI is InChI=1S/C29H30N4OS/c1-19-8-10-21-23(12-13-30-25(21)18-19)31-14-16-33(3)17-15-32-24-11-9-20(2)29-27(24)28(34)22-6-4-5-7-26(22)35-29/h4-13,18,32H,14-17H2,1-3H3,(H,30,31). The van der Waals surface area contributed by atoms with Gasteiger partial charge in [-0.3, -0.25) is 9.78 Å². The predicted molar refractivity (Wildman–Crippen MR) is 151 cm³/mol. The maximum Gasteiger partial charge on any atom is 0.197 e. The first kappa shape index (κ1) is 23.3. The number of hydrogen-bond acceptors (Lipinski definition) is 6. The lowest BCUT2D eigenvalue weighted by atomic mass is 10.1. The SMILES string of the molecule is Cc1ccc2c(NCCN(C)CCNc3ccc(C)c4sc5ccccc5c(=O)c34)ccnc2c1. The van der Waals surface area contributed by atoms with Crippen LogP contribution in [0.4, 0.5) is 11.4 Å². The van der Waals surface area contributed by atoms with E-state index in [9.17, 15) is 4.79 Å². The second-order valence-electron chi connectivity index (χ2n) is 9.10. The number of hydrogen-bond donors (Lipinski definition) is 2. The van der Waals surface area contributed by atoms with Gasteiger partial charge in [0, 0.05) is 63.9 Å². The summed E-state index contributed by atoms with van der Waals surface area (Å²) in [5.41, 5.74) is 5.52. The molecule has 0 saturated heterocycles. The number of fused-ring (bicyclic) bond motifs is 3. The van der Waals surface area contributed by atoms with Gasteiger partial charge in [0.05, 0.1) is 10.9 Å². The van der Waals surface area contributed by atoms with Crippen LogP contribution in [0, 0.1) is 13.8 Å². The molecule has 2 N–H and O–H groups in total. The molecule has 5 rings (SSSR count). The van der Waals surface area contributed by atoms with Crippen LogP contribution in [0.25, 0.3) is 31.1 Å².